The lowest BCUT2D eigenvalue weighted by Crippen LogP contribution is -2.49. The first-order valence-corrected chi connectivity index (χ1v) is 18.2. The quantitative estimate of drug-likeness (QED) is 0.0925. The number of unbranched alkanes of at least 4 members (excludes halogenated alkanes) is 3. The first-order valence-electron chi connectivity index (χ1n) is 18.2. The van der Waals surface area contributed by atoms with Crippen molar-refractivity contribution in [1.29, 1.82) is 0 Å². The molecule has 0 amide bonds. The summed E-state index contributed by atoms with van der Waals surface area (Å²) in [5.74, 6) is 2.18. The summed E-state index contributed by atoms with van der Waals surface area (Å²) in [4.78, 5) is 14.3. The molecule has 2 aromatic rings. The molecule has 0 radical (unpaired) electrons. The molecule has 0 N–H and O–H groups in total. The monoisotopic (exact) mass is 666 g/mol. The molecule has 2 aromatic carbocycles. The van der Waals surface area contributed by atoms with E-state index in [0.29, 0.717) is 50.1 Å². The van der Waals surface area contributed by atoms with Crippen LogP contribution in [0, 0.1) is 23.2 Å². The average Bonchev–Trinajstić information content (AvgIpc) is 3.45. The molecule has 48 heavy (non-hydrogen) atoms. The molecule has 0 aromatic heterocycles. The fourth-order valence-corrected chi connectivity index (χ4v) is 8.72. The highest BCUT2D eigenvalue weighted by Gasteiger charge is 2.58. The molecule has 2 fully saturated rings. The Balaban J connectivity index is 1.04. The smallest absolute Gasteiger partial charge is 0.188 e. The number of carbonyl (C=O) groups is 1. The summed E-state index contributed by atoms with van der Waals surface area (Å²) in [5.41, 5.74) is 3.32. The lowest BCUT2D eigenvalue weighted by atomic mass is 9.51. The van der Waals surface area contributed by atoms with Crippen molar-refractivity contribution >= 4 is 5.78 Å². The predicted molar refractivity (Wildman–Crippen MR) is 185 cm³/mol. The molecule has 3 aliphatic rings. The van der Waals surface area contributed by atoms with Gasteiger partial charge in [-0.05, 0) is 104 Å². The second-order valence-electron chi connectivity index (χ2n) is 14.1. The van der Waals surface area contributed by atoms with Gasteiger partial charge in [0.2, 0.25) is 0 Å². The predicted octanol–water partition coefficient (Wildman–Crippen LogP) is 7.97. The lowest BCUT2D eigenvalue weighted by molar-refractivity contribution is -0.127. The molecule has 5 rings (SSSR count). The number of methoxy groups -OCH3 is 2. The van der Waals surface area contributed by atoms with Crippen LogP contribution in [0.15, 0.2) is 48.5 Å². The topological polar surface area (TPSA) is 81.7 Å². The summed E-state index contributed by atoms with van der Waals surface area (Å²) in [6.45, 7) is 7.05. The SMILES string of the molecule is COCOc1ccc2c(c1)C(=O)[C@@H](CCCCOCCCCCOCCOCc1ccccc1)[C@@H]1C2CCC2(C)C(OCOC)CCC12. The summed E-state index contributed by atoms with van der Waals surface area (Å²) >= 11 is 0. The van der Waals surface area contributed by atoms with Gasteiger partial charge in [0.15, 0.2) is 12.6 Å². The molecular weight excluding hydrogens is 608 g/mol. The number of fused-ring (bicyclic) bond motifs is 5. The Morgan fingerprint density at radius 3 is 2.27 bits per heavy atom. The summed E-state index contributed by atoms with van der Waals surface area (Å²) in [6.07, 6.45) is 10.5. The van der Waals surface area contributed by atoms with Crippen molar-refractivity contribution in [2.45, 2.75) is 89.8 Å². The fourth-order valence-electron chi connectivity index (χ4n) is 8.72. The average molecular weight is 667 g/mol. The minimum absolute atomic E-state index is 0.00899. The van der Waals surface area contributed by atoms with Crippen molar-refractivity contribution in [3.63, 3.8) is 0 Å². The Morgan fingerprint density at radius 2 is 1.50 bits per heavy atom. The first kappa shape index (κ1) is 36.9. The van der Waals surface area contributed by atoms with Crippen molar-refractivity contribution in [2.24, 2.45) is 23.2 Å². The summed E-state index contributed by atoms with van der Waals surface area (Å²) in [7, 11) is 3.30. The maximum absolute atomic E-state index is 14.3. The van der Waals surface area contributed by atoms with Gasteiger partial charge in [0.25, 0.3) is 0 Å². The van der Waals surface area contributed by atoms with E-state index in [9.17, 15) is 4.79 Å². The van der Waals surface area contributed by atoms with E-state index in [1.807, 2.05) is 30.3 Å². The number of ketones is 1. The highest BCUT2D eigenvalue weighted by molar-refractivity contribution is 6.01. The minimum atomic E-state index is 0.00899. The van der Waals surface area contributed by atoms with Gasteiger partial charge in [-0.15, -0.1) is 0 Å². The first-order chi connectivity index (χ1) is 23.6. The van der Waals surface area contributed by atoms with E-state index in [1.54, 1.807) is 14.2 Å². The maximum atomic E-state index is 14.3. The van der Waals surface area contributed by atoms with E-state index in [2.05, 4.69) is 25.1 Å². The van der Waals surface area contributed by atoms with Gasteiger partial charge in [0.05, 0.1) is 25.9 Å². The van der Waals surface area contributed by atoms with Gasteiger partial charge < -0.3 is 33.2 Å². The van der Waals surface area contributed by atoms with Crippen molar-refractivity contribution in [3.05, 3.63) is 65.2 Å². The lowest BCUT2D eigenvalue weighted by Gasteiger charge is -2.53. The number of hydrogen-bond acceptors (Lipinski definition) is 8. The van der Waals surface area contributed by atoms with Crippen LogP contribution >= 0.6 is 0 Å². The maximum Gasteiger partial charge on any atom is 0.188 e. The van der Waals surface area contributed by atoms with E-state index in [0.717, 1.165) is 89.6 Å². The van der Waals surface area contributed by atoms with Crippen LogP contribution in [0.3, 0.4) is 0 Å². The van der Waals surface area contributed by atoms with E-state index in [1.165, 1.54) is 11.1 Å². The largest absolute Gasteiger partial charge is 0.468 e. The zero-order chi connectivity index (χ0) is 33.6. The number of carbonyl (C=O) groups excluding carboxylic acids is 1. The summed E-state index contributed by atoms with van der Waals surface area (Å²) in [6, 6.07) is 16.3. The molecule has 3 aliphatic carbocycles. The minimum Gasteiger partial charge on any atom is -0.468 e. The van der Waals surface area contributed by atoms with Gasteiger partial charge >= 0.3 is 0 Å². The number of hydrogen-bond donors (Lipinski definition) is 0. The zero-order valence-electron chi connectivity index (χ0n) is 29.5. The fraction of sp³-hybridized carbons (Fsp3) is 0.675. The Labute approximate surface area is 288 Å². The van der Waals surface area contributed by atoms with Crippen molar-refractivity contribution in [2.75, 3.05) is 60.8 Å². The molecule has 8 heteroatoms. The molecule has 0 heterocycles. The molecule has 0 spiro atoms. The van der Waals surface area contributed by atoms with Crippen LogP contribution in [-0.2, 0) is 35.0 Å². The normalized spacial score (nSPS) is 26.2. The number of Topliss-reactive ketones (excluding diaryl/α,β-unsaturated/α-hetero) is 1. The standard InChI is InChI=1S/C40H58O8/c1-40-20-19-33-32-16-15-31(47-28-42-2)26-35(32)39(41)34(38(33)36(40)17-18-37(40)48-29-43-3)14-8-11-23-44-21-9-5-10-22-45-24-25-46-27-30-12-6-4-7-13-30/h4,6-7,12-13,15-16,26,33-34,36-38H,5,8-11,14,17-25,27-29H2,1-3H3/t33?,34-,36?,37?,38-,40?/m0/s1. The van der Waals surface area contributed by atoms with Gasteiger partial charge in [-0.25, -0.2) is 0 Å². The second kappa shape index (κ2) is 19.2. The number of benzene rings is 2. The van der Waals surface area contributed by atoms with Gasteiger partial charge in [-0.2, -0.15) is 0 Å². The van der Waals surface area contributed by atoms with E-state index >= 15 is 0 Å². The Kier molecular flexibility index (Phi) is 14.7. The Morgan fingerprint density at radius 1 is 0.771 bits per heavy atom. The zero-order valence-corrected chi connectivity index (χ0v) is 29.5. The second-order valence-corrected chi connectivity index (χ2v) is 14.1. The third-order valence-electron chi connectivity index (χ3n) is 11.1. The molecule has 0 saturated heterocycles. The van der Waals surface area contributed by atoms with Crippen LogP contribution in [0.4, 0.5) is 0 Å². The molecule has 8 nitrogen and oxygen atoms in total. The van der Waals surface area contributed by atoms with Crippen LogP contribution in [0.25, 0.3) is 0 Å². The van der Waals surface area contributed by atoms with Crippen LogP contribution in [0.2, 0.25) is 0 Å². The molecule has 0 bridgehead atoms. The van der Waals surface area contributed by atoms with Crippen LogP contribution in [0.1, 0.15) is 98.5 Å². The van der Waals surface area contributed by atoms with Crippen LogP contribution in [-0.4, -0.2) is 72.7 Å². The number of rotatable bonds is 22. The molecule has 2 saturated carbocycles. The molecule has 4 unspecified atom stereocenters. The highest BCUT2D eigenvalue weighted by atomic mass is 16.7. The van der Waals surface area contributed by atoms with Gasteiger partial charge in [-0.1, -0.05) is 49.7 Å². The van der Waals surface area contributed by atoms with Gasteiger partial charge in [0.1, 0.15) is 12.5 Å². The van der Waals surface area contributed by atoms with E-state index < -0.39 is 0 Å². The Bertz CT molecular complexity index is 1240. The molecule has 6 atom stereocenters. The highest BCUT2D eigenvalue weighted by Crippen LogP contribution is 2.63. The van der Waals surface area contributed by atoms with Gasteiger partial charge in [0, 0.05) is 45.5 Å². The van der Waals surface area contributed by atoms with Crippen molar-refractivity contribution < 1.29 is 38.0 Å². The van der Waals surface area contributed by atoms with Crippen LogP contribution in [0.5, 0.6) is 5.75 Å². The summed E-state index contributed by atoms with van der Waals surface area (Å²) < 4.78 is 39.8. The number of ether oxygens (including phenoxy) is 7. The summed E-state index contributed by atoms with van der Waals surface area (Å²) in [5, 5.41) is 0. The molecular formula is C40H58O8. The molecule has 266 valence electrons. The van der Waals surface area contributed by atoms with E-state index in [-0.39, 0.29) is 30.0 Å². The molecule has 0 aliphatic heterocycles. The Hall–Kier alpha value is -2.33. The van der Waals surface area contributed by atoms with Crippen molar-refractivity contribution in [3.8, 4) is 5.75 Å². The third-order valence-corrected chi connectivity index (χ3v) is 11.1. The van der Waals surface area contributed by atoms with E-state index in [4.69, 9.17) is 33.2 Å². The van der Waals surface area contributed by atoms with Crippen LogP contribution < -0.4 is 4.74 Å². The van der Waals surface area contributed by atoms with Gasteiger partial charge in [-0.3, -0.25) is 4.79 Å². The van der Waals surface area contributed by atoms with Crippen molar-refractivity contribution in [1.82, 2.24) is 0 Å². The third kappa shape index (κ3) is 9.46.